The molecule has 0 aliphatic heterocycles. The first-order valence-corrected chi connectivity index (χ1v) is 7.64. The Kier molecular flexibility index (Phi) is 3.31. The summed E-state index contributed by atoms with van der Waals surface area (Å²) in [6.07, 6.45) is 6.70. The largest absolute Gasteiger partial charge is 0.478 e. The van der Waals surface area contributed by atoms with Gasteiger partial charge in [0.15, 0.2) is 0 Å². The fourth-order valence-corrected chi connectivity index (χ4v) is 3.94. The lowest BCUT2D eigenvalue weighted by Gasteiger charge is -2.10. The minimum Gasteiger partial charge on any atom is -0.478 e. The molecule has 0 radical (unpaired) electrons. The Morgan fingerprint density at radius 2 is 2.00 bits per heavy atom. The van der Waals surface area contributed by atoms with E-state index < -0.39 is 5.97 Å². The van der Waals surface area contributed by atoms with E-state index in [2.05, 4.69) is 5.32 Å². The average molecular weight is 279 g/mol. The van der Waals surface area contributed by atoms with Crippen LogP contribution in [0.1, 0.15) is 52.9 Å². The number of carboxylic acids is 1. The van der Waals surface area contributed by atoms with E-state index in [1.165, 1.54) is 11.3 Å². The van der Waals surface area contributed by atoms with Crippen molar-refractivity contribution in [2.45, 2.75) is 44.9 Å². The number of fused-ring (bicyclic) bond motifs is 1. The summed E-state index contributed by atoms with van der Waals surface area (Å²) in [6, 6.07) is 0. The van der Waals surface area contributed by atoms with Gasteiger partial charge in [0.2, 0.25) is 5.91 Å². The molecule has 2 aliphatic carbocycles. The maximum atomic E-state index is 11.9. The molecule has 3 rings (SSSR count). The number of carboxylic acid groups (broad SMARTS) is 1. The molecule has 1 saturated carbocycles. The molecule has 1 aromatic rings. The van der Waals surface area contributed by atoms with Crippen molar-refractivity contribution in [3.05, 3.63) is 16.0 Å². The summed E-state index contributed by atoms with van der Waals surface area (Å²) in [5, 5.41) is 12.7. The molecule has 5 heteroatoms. The smallest absolute Gasteiger partial charge is 0.339 e. The van der Waals surface area contributed by atoms with Crippen LogP contribution < -0.4 is 5.32 Å². The van der Waals surface area contributed by atoms with Crippen molar-refractivity contribution in [1.82, 2.24) is 0 Å². The van der Waals surface area contributed by atoms with Crippen LogP contribution in [-0.4, -0.2) is 17.0 Å². The number of nitrogens with one attached hydrogen (secondary N) is 1. The molecule has 4 nitrogen and oxygen atoms in total. The molecule has 1 heterocycles. The second kappa shape index (κ2) is 4.96. The Morgan fingerprint density at radius 1 is 1.26 bits per heavy atom. The summed E-state index contributed by atoms with van der Waals surface area (Å²) in [5.74, 6) is -0.437. The predicted molar refractivity (Wildman–Crippen MR) is 73.9 cm³/mol. The third kappa shape index (κ3) is 2.66. The first-order chi connectivity index (χ1) is 9.15. The highest BCUT2D eigenvalue weighted by Crippen LogP contribution is 2.39. The fourth-order valence-electron chi connectivity index (χ4n) is 2.64. The van der Waals surface area contributed by atoms with Gasteiger partial charge in [-0.15, -0.1) is 11.3 Å². The maximum Gasteiger partial charge on any atom is 0.339 e. The van der Waals surface area contributed by atoms with Gasteiger partial charge in [-0.25, -0.2) is 4.79 Å². The van der Waals surface area contributed by atoms with Crippen molar-refractivity contribution in [2.24, 2.45) is 5.92 Å². The minimum atomic E-state index is -0.916. The van der Waals surface area contributed by atoms with Crippen LogP contribution in [0.25, 0.3) is 0 Å². The van der Waals surface area contributed by atoms with Gasteiger partial charge in [0.05, 0.1) is 5.56 Å². The van der Waals surface area contributed by atoms with Crippen LogP contribution in [0.5, 0.6) is 0 Å². The number of aromatic carboxylic acids is 1. The summed E-state index contributed by atoms with van der Waals surface area (Å²) in [6.45, 7) is 0. The Morgan fingerprint density at radius 3 is 2.68 bits per heavy atom. The Bertz CT molecular complexity index is 531. The summed E-state index contributed by atoms with van der Waals surface area (Å²) < 4.78 is 0. The Balaban J connectivity index is 1.84. The number of amides is 1. The average Bonchev–Trinajstić information content (AvgIpc) is 3.08. The van der Waals surface area contributed by atoms with E-state index >= 15 is 0 Å². The highest BCUT2D eigenvalue weighted by atomic mass is 32.1. The molecule has 0 aromatic carbocycles. The van der Waals surface area contributed by atoms with Crippen molar-refractivity contribution in [2.75, 3.05) is 5.32 Å². The Labute approximate surface area is 115 Å². The topological polar surface area (TPSA) is 66.4 Å². The second-order valence-corrected chi connectivity index (χ2v) is 6.52. The third-order valence-electron chi connectivity index (χ3n) is 3.81. The first kappa shape index (κ1) is 12.7. The normalized spacial score (nSPS) is 17.9. The maximum absolute atomic E-state index is 11.9. The summed E-state index contributed by atoms with van der Waals surface area (Å²) in [5.41, 5.74) is 1.29. The van der Waals surface area contributed by atoms with Gasteiger partial charge in [-0.05, 0) is 50.0 Å². The van der Waals surface area contributed by atoms with Crippen molar-refractivity contribution < 1.29 is 14.7 Å². The number of hydrogen-bond acceptors (Lipinski definition) is 3. The number of carbonyl (C=O) groups is 2. The van der Waals surface area contributed by atoms with Gasteiger partial charge in [-0.1, -0.05) is 0 Å². The number of thiophene rings is 1. The fraction of sp³-hybridized carbons (Fsp3) is 0.571. The molecule has 102 valence electrons. The van der Waals surface area contributed by atoms with E-state index in [0.717, 1.165) is 49.0 Å². The standard InChI is InChI=1S/C14H17NO3S/c16-11(7-8-5-6-8)15-13-12(14(17)18)9-3-1-2-4-10(9)19-13/h8H,1-7H2,(H,15,16)(H,17,18). The lowest BCUT2D eigenvalue weighted by Crippen LogP contribution is -2.14. The third-order valence-corrected chi connectivity index (χ3v) is 5.02. The van der Waals surface area contributed by atoms with Gasteiger partial charge in [0.25, 0.3) is 0 Å². The number of carbonyl (C=O) groups excluding carboxylic acids is 1. The van der Waals surface area contributed by atoms with Gasteiger partial charge in [-0.2, -0.15) is 0 Å². The van der Waals surface area contributed by atoms with Crippen LogP contribution in [0.3, 0.4) is 0 Å². The predicted octanol–water partition coefficient (Wildman–Crippen LogP) is 3.06. The number of rotatable bonds is 4. The van der Waals surface area contributed by atoms with Crippen molar-refractivity contribution in [1.29, 1.82) is 0 Å². The minimum absolute atomic E-state index is 0.0383. The van der Waals surface area contributed by atoms with E-state index in [9.17, 15) is 14.7 Å². The van der Waals surface area contributed by atoms with E-state index in [1.54, 1.807) is 0 Å². The van der Waals surface area contributed by atoms with Crippen LogP contribution in [0.4, 0.5) is 5.00 Å². The summed E-state index contributed by atoms with van der Waals surface area (Å²) in [7, 11) is 0. The highest BCUT2D eigenvalue weighted by Gasteiger charge is 2.28. The van der Waals surface area contributed by atoms with Crippen LogP contribution >= 0.6 is 11.3 Å². The Hall–Kier alpha value is -1.36. The molecule has 0 spiro atoms. The van der Waals surface area contributed by atoms with Crippen LogP contribution in [0, 0.1) is 5.92 Å². The summed E-state index contributed by atoms with van der Waals surface area (Å²) in [4.78, 5) is 24.4. The molecule has 0 bridgehead atoms. The molecule has 2 N–H and O–H groups in total. The molecule has 0 atom stereocenters. The van der Waals surface area contributed by atoms with Gasteiger partial charge in [-0.3, -0.25) is 4.79 Å². The van der Waals surface area contributed by atoms with Crippen molar-refractivity contribution >= 4 is 28.2 Å². The SMILES string of the molecule is O=C(CC1CC1)Nc1sc2c(c1C(=O)O)CCCC2. The van der Waals surface area contributed by atoms with Crippen LogP contribution in [0.2, 0.25) is 0 Å². The van der Waals surface area contributed by atoms with Gasteiger partial charge < -0.3 is 10.4 Å². The molecule has 1 amide bonds. The second-order valence-electron chi connectivity index (χ2n) is 5.42. The lowest BCUT2D eigenvalue weighted by atomic mass is 9.95. The molecular formula is C14H17NO3S. The number of aryl methyl sites for hydroxylation is 1. The lowest BCUT2D eigenvalue weighted by molar-refractivity contribution is -0.116. The monoisotopic (exact) mass is 279 g/mol. The number of anilines is 1. The molecule has 2 aliphatic rings. The van der Waals surface area contributed by atoms with E-state index in [0.29, 0.717) is 22.9 Å². The molecule has 1 aromatic heterocycles. The quantitative estimate of drug-likeness (QED) is 0.890. The van der Waals surface area contributed by atoms with E-state index in [1.807, 2.05) is 0 Å². The number of hydrogen-bond donors (Lipinski definition) is 2. The zero-order chi connectivity index (χ0) is 13.4. The zero-order valence-electron chi connectivity index (χ0n) is 10.7. The molecular weight excluding hydrogens is 262 g/mol. The molecule has 0 saturated heterocycles. The molecule has 19 heavy (non-hydrogen) atoms. The van der Waals surface area contributed by atoms with Crippen LogP contribution in [-0.2, 0) is 17.6 Å². The first-order valence-electron chi connectivity index (χ1n) is 6.83. The molecule has 1 fully saturated rings. The molecule has 0 unspecified atom stereocenters. The van der Waals surface area contributed by atoms with E-state index in [4.69, 9.17) is 0 Å². The van der Waals surface area contributed by atoms with Gasteiger partial charge in [0, 0.05) is 11.3 Å². The van der Waals surface area contributed by atoms with Gasteiger partial charge >= 0.3 is 5.97 Å². The zero-order valence-corrected chi connectivity index (χ0v) is 11.5. The highest BCUT2D eigenvalue weighted by molar-refractivity contribution is 7.17. The van der Waals surface area contributed by atoms with Crippen molar-refractivity contribution in [3.8, 4) is 0 Å². The van der Waals surface area contributed by atoms with Crippen molar-refractivity contribution in [3.63, 3.8) is 0 Å². The van der Waals surface area contributed by atoms with E-state index in [-0.39, 0.29) is 5.91 Å². The summed E-state index contributed by atoms with van der Waals surface area (Å²) >= 11 is 1.45. The van der Waals surface area contributed by atoms with Gasteiger partial charge in [0.1, 0.15) is 5.00 Å². The van der Waals surface area contributed by atoms with Crippen LogP contribution in [0.15, 0.2) is 0 Å².